The van der Waals surface area contributed by atoms with Gasteiger partial charge in [-0.05, 0) is 31.3 Å². The van der Waals surface area contributed by atoms with Crippen LogP contribution in [0.15, 0.2) is 72.8 Å². The number of nitrogens with zero attached hydrogens (tertiary/aromatic N) is 1. The van der Waals surface area contributed by atoms with E-state index in [4.69, 9.17) is 0 Å². The molecule has 112 valence electrons. The molecular weight excluding hydrogens is 270 g/mol. The van der Waals surface area contributed by atoms with Gasteiger partial charge in [0.2, 0.25) is 0 Å². The lowest BCUT2D eigenvalue weighted by molar-refractivity contribution is -0.110. The number of benzene rings is 2. The minimum Gasteiger partial charge on any atom is -0.305 e. The van der Waals surface area contributed by atoms with E-state index < -0.39 is 0 Å². The van der Waals surface area contributed by atoms with Crippen molar-refractivity contribution in [1.29, 1.82) is 0 Å². The monoisotopic (exact) mass is 291 g/mol. The summed E-state index contributed by atoms with van der Waals surface area (Å²) in [4.78, 5) is 14.7. The van der Waals surface area contributed by atoms with Crippen molar-refractivity contribution in [1.82, 2.24) is 4.90 Å². The van der Waals surface area contributed by atoms with Gasteiger partial charge >= 0.3 is 0 Å². The van der Waals surface area contributed by atoms with Gasteiger partial charge in [0.25, 0.3) is 0 Å². The molecule has 0 aliphatic rings. The van der Waals surface area contributed by atoms with Crippen LogP contribution in [0.3, 0.4) is 0 Å². The molecular formula is C20H21NO. The smallest absolute Gasteiger partial charge is 0.190 e. The maximum Gasteiger partial charge on any atom is 0.190 e. The van der Waals surface area contributed by atoms with E-state index in [0.29, 0.717) is 17.7 Å². The Morgan fingerprint density at radius 3 is 2.09 bits per heavy atom. The minimum atomic E-state index is -0.0104. The molecule has 0 bridgehead atoms. The second-order valence-electron chi connectivity index (χ2n) is 5.51. The zero-order chi connectivity index (χ0) is 15.9. The molecule has 2 heteroatoms. The van der Waals surface area contributed by atoms with Gasteiger partial charge < -0.3 is 4.90 Å². The fraction of sp³-hybridized carbons (Fsp3) is 0.150. The lowest BCUT2D eigenvalue weighted by Gasteiger charge is -2.13. The normalized spacial score (nSPS) is 11.5. The van der Waals surface area contributed by atoms with E-state index in [1.165, 1.54) is 0 Å². The van der Waals surface area contributed by atoms with Crippen molar-refractivity contribution < 1.29 is 4.79 Å². The van der Waals surface area contributed by atoms with Gasteiger partial charge in [0.15, 0.2) is 5.78 Å². The molecule has 2 rings (SSSR count). The van der Waals surface area contributed by atoms with Crippen molar-refractivity contribution in [3.63, 3.8) is 0 Å². The summed E-state index contributed by atoms with van der Waals surface area (Å²) in [5.41, 5.74) is 3.19. The molecule has 2 nitrogen and oxygen atoms in total. The lowest BCUT2D eigenvalue weighted by atomic mass is 9.95. The van der Waals surface area contributed by atoms with Crippen LogP contribution in [-0.4, -0.2) is 31.3 Å². The van der Waals surface area contributed by atoms with Crippen molar-refractivity contribution in [3.05, 3.63) is 83.9 Å². The van der Waals surface area contributed by atoms with E-state index in [1.54, 1.807) is 0 Å². The molecule has 0 saturated heterocycles. The van der Waals surface area contributed by atoms with Crippen molar-refractivity contribution in [3.8, 4) is 0 Å². The highest BCUT2D eigenvalue weighted by molar-refractivity contribution is 6.32. The van der Waals surface area contributed by atoms with Gasteiger partial charge in [0.1, 0.15) is 0 Å². The quantitative estimate of drug-likeness (QED) is 0.594. The molecule has 2 aromatic carbocycles. The van der Waals surface area contributed by atoms with Gasteiger partial charge in [-0.1, -0.05) is 67.2 Å². The second kappa shape index (κ2) is 7.53. The van der Waals surface area contributed by atoms with Gasteiger partial charge in [-0.3, -0.25) is 4.79 Å². The Morgan fingerprint density at radius 2 is 1.55 bits per heavy atom. The van der Waals surface area contributed by atoms with E-state index >= 15 is 0 Å². The summed E-state index contributed by atoms with van der Waals surface area (Å²) in [6, 6.07) is 19.6. The summed E-state index contributed by atoms with van der Waals surface area (Å²) in [5.74, 6) is -0.0104. The molecule has 0 atom stereocenters. The molecule has 2 aromatic rings. The number of allylic oxidation sites excluding steroid dienone is 1. The summed E-state index contributed by atoms with van der Waals surface area (Å²) in [6.45, 7) is 4.50. The van der Waals surface area contributed by atoms with E-state index in [2.05, 4.69) is 6.58 Å². The van der Waals surface area contributed by atoms with Gasteiger partial charge in [0, 0.05) is 17.7 Å². The van der Waals surface area contributed by atoms with E-state index in [1.807, 2.05) is 85.7 Å². The van der Waals surface area contributed by atoms with Crippen LogP contribution in [0.4, 0.5) is 0 Å². The Bertz CT molecular complexity index is 669. The number of ketones is 1. The van der Waals surface area contributed by atoms with Crippen LogP contribution in [0.1, 0.15) is 11.1 Å². The van der Waals surface area contributed by atoms with Crippen LogP contribution in [0.5, 0.6) is 0 Å². The molecule has 0 N–H and O–H groups in total. The van der Waals surface area contributed by atoms with Crippen LogP contribution in [0.2, 0.25) is 0 Å². The number of rotatable bonds is 6. The summed E-state index contributed by atoms with van der Waals surface area (Å²) in [6.07, 6.45) is 1.93. The SMILES string of the molecule is C=C(CN(C)C)C(=O)/C(=C/c1ccccc1)c1ccccc1. The first-order chi connectivity index (χ1) is 10.6. The third-order valence-corrected chi connectivity index (χ3v) is 3.27. The van der Waals surface area contributed by atoms with Crippen LogP contribution in [0.25, 0.3) is 11.6 Å². The van der Waals surface area contributed by atoms with Crippen molar-refractivity contribution in [2.45, 2.75) is 0 Å². The number of hydrogen-bond acceptors (Lipinski definition) is 2. The van der Waals surface area contributed by atoms with Gasteiger partial charge in [-0.25, -0.2) is 0 Å². The molecule has 0 aliphatic carbocycles. The maximum atomic E-state index is 12.8. The summed E-state index contributed by atoms with van der Waals surface area (Å²) in [7, 11) is 3.86. The first kappa shape index (κ1) is 15.9. The highest BCUT2D eigenvalue weighted by atomic mass is 16.1. The Balaban J connectivity index is 2.41. The Hall–Kier alpha value is -2.45. The van der Waals surface area contributed by atoms with E-state index in [-0.39, 0.29) is 5.78 Å². The van der Waals surface area contributed by atoms with Gasteiger partial charge in [0.05, 0.1) is 0 Å². The fourth-order valence-corrected chi connectivity index (χ4v) is 2.26. The highest BCUT2D eigenvalue weighted by Crippen LogP contribution is 2.22. The number of likely N-dealkylation sites (N-methyl/N-ethyl adjacent to an activating group) is 1. The highest BCUT2D eigenvalue weighted by Gasteiger charge is 2.15. The predicted molar refractivity (Wildman–Crippen MR) is 93.5 cm³/mol. The second-order valence-corrected chi connectivity index (χ2v) is 5.51. The topological polar surface area (TPSA) is 20.3 Å². The summed E-state index contributed by atoms with van der Waals surface area (Å²) < 4.78 is 0. The van der Waals surface area contributed by atoms with Crippen LogP contribution in [-0.2, 0) is 4.79 Å². The first-order valence-electron chi connectivity index (χ1n) is 7.27. The van der Waals surface area contributed by atoms with E-state index in [9.17, 15) is 4.79 Å². The first-order valence-corrected chi connectivity index (χ1v) is 7.27. The summed E-state index contributed by atoms with van der Waals surface area (Å²) in [5, 5.41) is 0. The molecule has 0 heterocycles. The zero-order valence-corrected chi connectivity index (χ0v) is 13.1. The molecule has 0 unspecified atom stereocenters. The number of carbonyl (C=O) groups is 1. The maximum absolute atomic E-state index is 12.8. The minimum absolute atomic E-state index is 0.0104. The number of carbonyl (C=O) groups excluding carboxylic acids is 1. The predicted octanol–water partition coefficient (Wildman–Crippen LogP) is 3.91. The lowest BCUT2D eigenvalue weighted by Crippen LogP contribution is -2.19. The average molecular weight is 291 g/mol. The Morgan fingerprint density at radius 1 is 1.00 bits per heavy atom. The van der Waals surface area contributed by atoms with Crippen LogP contribution < -0.4 is 0 Å². The standard InChI is InChI=1S/C20H21NO/c1-16(15-21(2)3)20(22)19(18-12-8-5-9-13-18)14-17-10-6-4-7-11-17/h4-14H,1,15H2,2-3H3/b19-14+. The Kier molecular flexibility index (Phi) is 5.45. The third kappa shape index (κ3) is 4.27. The van der Waals surface area contributed by atoms with E-state index in [0.717, 1.165) is 11.1 Å². The van der Waals surface area contributed by atoms with Crippen molar-refractivity contribution in [2.24, 2.45) is 0 Å². The van der Waals surface area contributed by atoms with Crippen molar-refractivity contribution in [2.75, 3.05) is 20.6 Å². The third-order valence-electron chi connectivity index (χ3n) is 3.27. The molecule has 0 saturated carbocycles. The largest absolute Gasteiger partial charge is 0.305 e. The average Bonchev–Trinajstić information content (AvgIpc) is 2.53. The van der Waals surface area contributed by atoms with Gasteiger partial charge in [-0.15, -0.1) is 0 Å². The summed E-state index contributed by atoms with van der Waals surface area (Å²) >= 11 is 0. The zero-order valence-electron chi connectivity index (χ0n) is 13.1. The molecule has 0 radical (unpaired) electrons. The van der Waals surface area contributed by atoms with Gasteiger partial charge in [-0.2, -0.15) is 0 Å². The van der Waals surface area contributed by atoms with Crippen molar-refractivity contribution >= 4 is 17.4 Å². The molecule has 0 amide bonds. The number of Topliss-reactive ketones (excluding diaryl/α,β-unsaturated/α-hetero) is 1. The molecule has 0 spiro atoms. The molecule has 22 heavy (non-hydrogen) atoms. The number of hydrogen-bond donors (Lipinski definition) is 0. The molecule has 0 aliphatic heterocycles. The van der Waals surface area contributed by atoms with Crippen LogP contribution >= 0.6 is 0 Å². The molecule has 0 aromatic heterocycles. The Labute approximate surface area is 132 Å². The molecule has 0 fully saturated rings. The fourth-order valence-electron chi connectivity index (χ4n) is 2.26. The van der Waals surface area contributed by atoms with Crippen LogP contribution in [0, 0.1) is 0 Å².